The molecule has 1 atom stereocenters. The summed E-state index contributed by atoms with van der Waals surface area (Å²) in [7, 11) is 1.71. The van der Waals surface area contributed by atoms with Crippen LogP contribution in [0.2, 0.25) is 5.02 Å². The van der Waals surface area contributed by atoms with Gasteiger partial charge in [0.25, 0.3) is 0 Å². The molecule has 0 amide bonds. The first kappa shape index (κ1) is 15.3. The van der Waals surface area contributed by atoms with Crippen molar-refractivity contribution in [2.24, 2.45) is 11.7 Å². The lowest BCUT2D eigenvalue weighted by molar-refractivity contribution is 0.395. The normalized spacial score (nSPS) is 12.8. The highest BCUT2D eigenvalue weighted by Crippen LogP contribution is 2.36. The van der Waals surface area contributed by atoms with E-state index in [1.807, 2.05) is 19.1 Å². The van der Waals surface area contributed by atoms with E-state index >= 15 is 0 Å². The highest BCUT2D eigenvalue weighted by Gasteiger charge is 2.18. The fourth-order valence-corrected chi connectivity index (χ4v) is 2.51. The topological polar surface area (TPSA) is 35.2 Å². The molecular formula is C15H24ClNO. The molecule has 0 aromatic heterocycles. The van der Waals surface area contributed by atoms with E-state index in [-0.39, 0.29) is 0 Å². The molecule has 0 radical (unpaired) electrons. The van der Waals surface area contributed by atoms with Crippen LogP contribution in [0.25, 0.3) is 0 Å². The van der Waals surface area contributed by atoms with Gasteiger partial charge in [-0.05, 0) is 61.4 Å². The molecule has 0 spiro atoms. The van der Waals surface area contributed by atoms with Gasteiger partial charge < -0.3 is 10.5 Å². The quantitative estimate of drug-likeness (QED) is 0.843. The van der Waals surface area contributed by atoms with Crippen molar-refractivity contribution < 1.29 is 4.74 Å². The van der Waals surface area contributed by atoms with E-state index in [1.165, 1.54) is 5.56 Å². The summed E-state index contributed by atoms with van der Waals surface area (Å²) < 4.78 is 5.49. The Morgan fingerprint density at radius 3 is 2.50 bits per heavy atom. The van der Waals surface area contributed by atoms with Crippen LogP contribution < -0.4 is 10.5 Å². The Hall–Kier alpha value is -0.730. The minimum atomic E-state index is 0.419. The van der Waals surface area contributed by atoms with Crippen molar-refractivity contribution in [1.29, 1.82) is 0 Å². The molecule has 1 unspecified atom stereocenters. The standard InChI is InChI=1S/C15H24ClNO/c1-10(2)7-12(5-6-17)13-9-14(16)11(3)8-15(13)18-4/h8-10,12H,5-7,17H2,1-4H3. The monoisotopic (exact) mass is 269 g/mol. The van der Waals surface area contributed by atoms with E-state index < -0.39 is 0 Å². The van der Waals surface area contributed by atoms with Crippen LogP contribution in [-0.2, 0) is 0 Å². The van der Waals surface area contributed by atoms with Gasteiger partial charge >= 0.3 is 0 Å². The molecule has 18 heavy (non-hydrogen) atoms. The Morgan fingerprint density at radius 2 is 2.00 bits per heavy atom. The van der Waals surface area contributed by atoms with E-state index in [0.29, 0.717) is 18.4 Å². The summed E-state index contributed by atoms with van der Waals surface area (Å²) in [6.07, 6.45) is 2.07. The molecule has 0 aliphatic rings. The number of hydrogen-bond donors (Lipinski definition) is 1. The largest absolute Gasteiger partial charge is 0.496 e. The summed E-state index contributed by atoms with van der Waals surface area (Å²) >= 11 is 6.24. The lowest BCUT2D eigenvalue weighted by atomic mass is 9.87. The van der Waals surface area contributed by atoms with Crippen LogP contribution >= 0.6 is 11.6 Å². The third-order valence-electron chi connectivity index (χ3n) is 3.22. The maximum absolute atomic E-state index is 6.24. The van der Waals surface area contributed by atoms with Crippen LogP contribution in [0.5, 0.6) is 5.75 Å². The second-order valence-electron chi connectivity index (χ2n) is 5.25. The number of rotatable bonds is 6. The molecule has 0 aliphatic carbocycles. The van der Waals surface area contributed by atoms with Crippen LogP contribution in [-0.4, -0.2) is 13.7 Å². The van der Waals surface area contributed by atoms with Crippen LogP contribution in [0.15, 0.2) is 12.1 Å². The SMILES string of the molecule is COc1cc(C)c(Cl)cc1C(CCN)CC(C)C. The molecule has 2 N–H and O–H groups in total. The maximum Gasteiger partial charge on any atom is 0.122 e. The number of ether oxygens (including phenoxy) is 1. The average molecular weight is 270 g/mol. The Balaban J connectivity index is 3.12. The number of hydrogen-bond acceptors (Lipinski definition) is 2. The van der Waals surface area contributed by atoms with Crippen LogP contribution in [0.3, 0.4) is 0 Å². The molecule has 0 saturated heterocycles. The second-order valence-corrected chi connectivity index (χ2v) is 5.65. The minimum absolute atomic E-state index is 0.419. The predicted molar refractivity (Wildman–Crippen MR) is 78.6 cm³/mol. The Labute approximate surface area is 115 Å². The summed E-state index contributed by atoms with van der Waals surface area (Å²) in [5, 5.41) is 0.802. The molecule has 0 saturated carbocycles. The van der Waals surface area contributed by atoms with Crippen molar-refractivity contribution in [2.45, 2.75) is 39.5 Å². The van der Waals surface area contributed by atoms with Gasteiger partial charge in [-0.1, -0.05) is 25.4 Å². The first-order valence-electron chi connectivity index (χ1n) is 6.53. The summed E-state index contributed by atoms with van der Waals surface area (Å²) in [4.78, 5) is 0. The smallest absolute Gasteiger partial charge is 0.122 e. The predicted octanol–water partition coefficient (Wildman–Crippen LogP) is 4.14. The number of benzene rings is 1. The Bertz CT molecular complexity index is 390. The van der Waals surface area contributed by atoms with Gasteiger partial charge in [-0.3, -0.25) is 0 Å². The van der Waals surface area contributed by atoms with E-state index in [1.54, 1.807) is 7.11 Å². The third kappa shape index (κ3) is 3.89. The lowest BCUT2D eigenvalue weighted by Gasteiger charge is -2.22. The molecule has 0 bridgehead atoms. The van der Waals surface area contributed by atoms with E-state index in [4.69, 9.17) is 22.1 Å². The fraction of sp³-hybridized carbons (Fsp3) is 0.600. The molecule has 0 fully saturated rings. The van der Waals surface area contributed by atoms with Crippen LogP contribution in [0.4, 0.5) is 0 Å². The first-order valence-corrected chi connectivity index (χ1v) is 6.91. The van der Waals surface area contributed by atoms with Gasteiger partial charge in [0.15, 0.2) is 0 Å². The molecular weight excluding hydrogens is 246 g/mol. The zero-order valence-electron chi connectivity index (χ0n) is 11.8. The highest BCUT2D eigenvalue weighted by atomic mass is 35.5. The summed E-state index contributed by atoms with van der Waals surface area (Å²) in [5.41, 5.74) is 7.96. The molecule has 0 heterocycles. The molecule has 2 nitrogen and oxygen atoms in total. The lowest BCUT2D eigenvalue weighted by Crippen LogP contribution is -2.11. The number of methoxy groups -OCH3 is 1. The van der Waals surface area contributed by atoms with Gasteiger partial charge in [-0.15, -0.1) is 0 Å². The third-order valence-corrected chi connectivity index (χ3v) is 3.63. The van der Waals surface area contributed by atoms with Crippen molar-refractivity contribution in [3.05, 3.63) is 28.3 Å². The summed E-state index contributed by atoms with van der Waals surface area (Å²) in [6.45, 7) is 7.14. The van der Waals surface area contributed by atoms with E-state index in [0.717, 1.165) is 29.2 Å². The minimum Gasteiger partial charge on any atom is -0.496 e. The van der Waals surface area contributed by atoms with Gasteiger partial charge in [0.2, 0.25) is 0 Å². The number of halogens is 1. The van der Waals surface area contributed by atoms with Gasteiger partial charge in [-0.2, -0.15) is 0 Å². The number of aryl methyl sites for hydroxylation is 1. The Morgan fingerprint density at radius 1 is 1.33 bits per heavy atom. The number of nitrogens with two attached hydrogens (primary N) is 1. The van der Waals surface area contributed by atoms with Gasteiger partial charge in [0.05, 0.1) is 7.11 Å². The Kier molecular flexibility index (Phi) is 5.97. The maximum atomic E-state index is 6.24. The molecule has 0 aliphatic heterocycles. The molecule has 102 valence electrons. The zero-order chi connectivity index (χ0) is 13.7. The molecule has 1 rings (SSSR count). The van der Waals surface area contributed by atoms with Gasteiger partial charge in [0.1, 0.15) is 5.75 Å². The van der Waals surface area contributed by atoms with Crippen LogP contribution in [0.1, 0.15) is 43.7 Å². The van der Waals surface area contributed by atoms with Crippen molar-refractivity contribution in [3.63, 3.8) is 0 Å². The molecule has 1 aromatic rings. The molecule has 1 aromatic carbocycles. The summed E-state index contributed by atoms with van der Waals surface area (Å²) in [6, 6.07) is 4.06. The fourth-order valence-electron chi connectivity index (χ4n) is 2.34. The zero-order valence-corrected chi connectivity index (χ0v) is 12.6. The van der Waals surface area contributed by atoms with Crippen molar-refractivity contribution >= 4 is 11.6 Å². The van der Waals surface area contributed by atoms with Crippen molar-refractivity contribution in [1.82, 2.24) is 0 Å². The molecule has 3 heteroatoms. The van der Waals surface area contributed by atoms with Gasteiger partial charge in [0, 0.05) is 5.02 Å². The summed E-state index contributed by atoms with van der Waals surface area (Å²) in [5.74, 6) is 1.98. The van der Waals surface area contributed by atoms with E-state index in [9.17, 15) is 0 Å². The van der Waals surface area contributed by atoms with Crippen LogP contribution in [0, 0.1) is 12.8 Å². The highest BCUT2D eigenvalue weighted by molar-refractivity contribution is 6.31. The van der Waals surface area contributed by atoms with E-state index in [2.05, 4.69) is 13.8 Å². The average Bonchev–Trinajstić information content (AvgIpc) is 2.31. The first-order chi connectivity index (χ1) is 8.49. The van der Waals surface area contributed by atoms with Crippen molar-refractivity contribution in [3.8, 4) is 5.75 Å². The van der Waals surface area contributed by atoms with Gasteiger partial charge in [-0.25, -0.2) is 0 Å². The second kappa shape index (κ2) is 7.01. The van der Waals surface area contributed by atoms with Crippen molar-refractivity contribution in [2.75, 3.05) is 13.7 Å².